The van der Waals surface area contributed by atoms with E-state index in [1.807, 2.05) is 0 Å². The summed E-state index contributed by atoms with van der Waals surface area (Å²) < 4.78 is 23.2. The fourth-order valence-electron chi connectivity index (χ4n) is 1.08. The molecule has 14 heavy (non-hydrogen) atoms. The van der Waals surface area contributed by atoms with Crippen molar-refractivity contribution in [1.82, 2.24) is 0 Å². The lowest BCUT2D eigenvalue weighted by molar-refractivity contribution is 0.295. The predicted octanol–water partition coefficient (Wildman–Crippen LogP) is -0.363. The van der Waals surface area contributed by atoms with Crippen LogP contribution in [-0.2, 0) is 9.84 Å². The van der Waals surface area contributed by atoms with Gasteiger partial charge in [0.25, 0.3) is 0 Å². The Balaban J connectivity index is 2.93. The van der Waals surface area contributed by atoms with E-state index in [1.54, 1.807) is 12.1 Å². The van der Waals surface area contributed by atoms with Crippen LogP contribution in [0.15, 0.2) is 29.2 Å². The third-order valence-electron chi connectivity index (χ3n) is 1.79. The van der Waals surface area contributed by atoms with Gasteiger partial charge >= 0.3 is 0 Å². The average Bonchev–Trinajstić information content (AvgIpc) is 2.15. The van der Waals surface area contributed by atoms with Crippen molar-refractivity contribution in [1.29, 1.82) is 0 Å². The molecule has 0 aliphatic carbocycles. The summed E-state index contributed by atoms with van der Waals surface area (Å²) in [7, 11) is 2.19. The Labute approximate surface area is 85.1 Å². The monoisotopic (exact) mass is 210 g/mol. The van der Waals surface area contributed by atoms with Crippen molar-refractivity contribution in [3.05, 3.63) is 24.3 Å². The van der Waals surface area contributed by atoms with Gasteiger partial charge in [0.15, 0.2) is 9.84 Å². The molecule has 1 rings (SSSR count). The lowest BCUT2D eigenvalue weighted by Crippen LogP contribution is -2.11. The van der Waals surface area contributed by atoms with E-state index in [2.05, 4.69) is 0 Å². The molecule has 0 aromatic heterocycles. The molecule has 0 bridgehead atoms. The number of benzene rings is 1. The first-order chi connectivity index (χ1) is 6.56. The van der Waals surface area contributed by atoms with Gasteiger partial charge in [0.05, 0.1) is 10.6 Å². The van der Waals surface area contributed by atoms with Crippen LogP contribution in [0.1, 0.15) is 6.42 Å². The molecule has 0 amide bonds. The molecule has 0 aliphatic rings. The van der Waals surface area contributed by atoms with Gasteiger partial charge in [0, 0.05) is 6.61 Å². The van der Waals surface area contributed by atoms with E-state index in [0.717, 1.165) is 0 Å². The zero-order chi connectivity index (χ0) is 10.6. The Bertz CT molecular complexity index is 400. The minimum atomic E-state index is -3.28. The number of aliphatic hydroxyl groups is 1. The lowest BCUT2D eigenvalue weighted by Gasteiger charge is -2.03. The molecule has 0 fully saturated rings. The molecule has 0 atom stereocenters. The highest BCUT2D eigenvalue weighted by Crippen LogP contribution is 2.09. The molecule has 0 aliphatic heterocycles. The minimum absolute atomic E-state index is 0.0487. The van der Waals surface area contributed by atoms with E-state index in [-0.39, 0.29) is 23.7 Å². The van der Waals surface area contributed by atoms with E-state index >= 15 is 0 Å². The summed E-state index contributed by atoms with van der Waals surface area (Å²) in [5, 5.41) is 8.54. The fourth-order valence-corrected chi connectivity index (χ4v) is 2.43. The number of aliphatic hydroxyl groups excluding tert-OH is 1. The molecule has 5 heteroatoms. The van der Waals surface area contributed by atoms with Crippen molar-refractivity contribution in [2.24, 2.45) is 0 Å². The molecule has 3 nitrogen and oxygen atoms in total. The molecule has 0 spiro atoms. The van der Waals surface area contributed by atoms with Gasteiger partial charge in [0.1, 0.15) is 7.85 Å². The Hall–Kier alpha value is -0.805. The topological polar surface area (TPSA) is 54.4 Å². The second-order valence-corrected chi connectivity index (χ2v) is 5.08. The van der Waals surface area contributed by atoms with Crippen molar-refractivity contribution in [2.75, 3.05) is 12.4 Å². The van der Waals surface area contributed by atoms with Gasteiger partial charge in [-0.3, -0.25) is 0 Å². The van der Waals surface area contributed by atoms with Crippen LogP contribution >= 0.6 is 0 Å². The van der Waals surface area contributed by atoms with E-state index in [9.17, 15) is 8.42 Å². The zero-order valence-electron chi connectivity index (χ0n) is 7.68. The first-order valence-electron chi connectivity index (χ1n) is 4.25. The Morgan fingerprint density at radius 2 is 2.07 bits per heavy atom. The molecule has 2 radical (unpaired) electrons. The second kappa shape index (κ2) is 4.62. The van der Waals surface area contributed by atoms with Gasteiger partial charge in [0.2, 0.25) is 0 Å². The molecular weight excluding hydrogens is 199 g/mol. The van der Waals surface area contributed by atoms with Gasteiger partial charge in [-0.2, -0.15) is 0 Å². The molecule has 0 heterocycles. The van der Waals surface area contributed by atoms with Crippen molar-refractivity contribution in [2.45, 2.75) is 11.3 Å². The first kappa shape index (κ1) is 11.3. The third-order valence-corrected chi connectivity index (χ3v) is 3.59. The van der Waals surface area contributed by atoms with E-state index in [1.165, 1.54) is 12.1 Å². The number of hydrogen-bond acceptors (Lipinski definition) is 3. The normalized spacial score (nSPS) is 11.5. The van der Waals surface area contributed by atoms with Crippen LogP contribution in [0.5, 0.6) is 0 Å². The summed E-state index contributed by atoms with van der Waals surface area (Å²) in [5.41, 5.74) is 0.426. The molecular formula is C9H11BO3S. The highest BCUT2D eigenvalue weighted by molar-refractivity contribution is 7.91. The molecule has 74 valence electrons. The quantitative estimate of drug-likeness (QED) is 0.690. The number of sulfone groups is 1. The maximum Gasteiger partial charge on any atom is 0.178 e. The number of rotatable bonds is 4. The van der Waals surface area contributed by atoms with Gasteiger partial charge in [-0.1, -0.05) is 23.7 Å². The SMILES string of the molecule is [B]c1cccc(S(=O)(=O)CCCO)c1. The van der Waals surface area contributed by atoms with E-state index in [4.69, 9.17) is 13.0 Å². The second-order valence-electron chi connectivity index (χ2n) is 2.97. The summed E-state index contributed by atoms with van der Waals surface area (Å²) in [6.45, 7) is -0.123. The average molecular weight is 210 g/mol. The molecule has 1 N–H and O–H groups in total. The van der Waals surface area contributed by atoms with Gasteiger partial charge in [-0.25, -0.2) is 8.42 Å². The Morgan fingerprint density at radius 1 is 1.36 bits per heavy atom. The van der Waals surface area contributed by atoms with Gasteiger partial charge in [-0.15, -0.1) is 0 Å². The van der Waals surface area contributed by atoms with E-state index < -0.39 is 9.84 Å². The summed E-state index contributed by atoms with van der Waals surface area (Å²) >= 11 is 0. The van der Waals surface area contributed by atoms with Crippen LogP contribution in [0.3, 0.4) is 0 Å². The molecule has 0 saturated heterocycles. The van der Waals surface area contributed by atoms with Crippen LogP contribution in [-0.4, -0.2) is 33.7 Å². The standard InChI is InChI=1S/C9H11BO3S/c10-8-3-1-4-9(7-8)14(12,13)6-2-5-11/h1,3-4,7,11H,2,5-6H2. The maximum atomic E-state index is 11.6. The largest absolute Gasteiger partial charge is 0.396 e. The van der Waals surface area contributed by atoms with Gasteiger partial charge < -0.3 is 5.11 Å². The predicted molar refractivity (Wildman–Crippen MR) is 55.6 cm³/mol. The molecule has 0 unspecified atom stereocenters. The highest BCUT2D eigenvalue weighted by atomic mass is 32.2. The van der Waals surface area contributed by atoms with Crippen LogP contribution < -0.4 is 5.46 Å². The minimum Gasteiger partial charge on any atom is -0.396 e. The fraction of sp³-hybridized carbons (Fsp3) is 0.333. The third kappa shape index (κ3) is 2.85. The molecule has 0 saturated carbocycles. The number of hydrogen-bond donors (Lipinski definition) is 1. The van der Waals surface area contributed by atoms with Crippen LogP contribution in [0.4, 0.5) is 0 Å². The Kier molecular flexibility index (Phi) is 3.72. The van der Waals surface area contributed by atoms with Crippen LogP contribution in [0.25, 0.3) is 0 Å². The molecule has 1 aromatic rings. The smallest absolute Gasteiger partial charge is 0.178 e. The van der Waals surface area contributed by atoms with Gasteiger partial charge in [-0.05, 0) is 12.5 Å². The lowest BCUT2D eigenvalue weighted by atomic mass is 9.97. The Morgan fingerprint density at radius 3 is 2.64 bits per heavy atom. The maximum absolute atomic E-state index is 11.6. The summed E-state index contributed by atoms with van der Waals surface area (Å²) in [5.74, 6) is -0.0487. The van der Waals surface area contributed by atoms with Crippen LogP contribution in [0, 0.1) is 0 Å². The van der Waals surface area contributed by atoms with E-state index in [0.29, 0.717) is 5.46 Å². The highest BCUT2D eigenvalue weighted by Gasteiger charge is 2.12. The van der Waals surface area contributed by atoms with Crippen LogP contribution in [0.2, 0.25) is 0 Å². The van der Waals surface area contributed by atoms with Crippen molar-refractivity contribution in [3.8, 4) is 0 Å². The van der Waals surface area contributed by atoms with Crippen molar-refractivity contribution >= 4 is 23.1 Å². The zero-order valence-corrected chi connectivity index (χ0v) is 8.50. The summed E-state index contributed by atoms with van der Waals surface area (Å²) in [6.07, 6.45) is 0.247. The van der Waals surface area contributed by atoms with Crippen molar-refractivity contribution < 1.29 is 13.5 Å². The first-order valence-corrected chi connectivity index (χ1v) is 5.90. The summed E-state index contributed by atoms with van der Waals surface area (Å²) in [4.78, 5) is 0.214. The molecule has 1 aromatic carbocycles. The van der Waals surface area contributed by atoms with Crippen molar-refractivity contribution in [3.63, 3.8) is 0 Å². The summed E-state index contributed by atoms with van der Waals surface area (Å²) in [6, 6.07) is 6.15.